The first-order valence-electron chi connectivity index (χ1n) is 4.60. The summed E-state index contributed by atoms with van der Waals surface area (Å²) in [5.74, 6) is 0. The molecule has 0 aliphatic heterocycles. The summed E-state index contributed by atoms with van der Waals surface area (Å²) >= 11 is 2.97. The Kier molecular flexibility index (Phi) is 4.76. The minimum absolute atomic E-state index is 0.0225. The van der Waals surface area contributed by atoms with Crippen LogP contribution in [0.3, 0.4) is 0 Å². The number of hydrogen-bond acceptors (Lipinski definition) is 2. The van der Waals surface area contributed by atoms with E-state index in [-0.39, 0.29) is 4.66 Å². The van der Waals surface area contributed by atoms with E-state index in [0.29, 0.717) is 6.54 Å². The first-order valence-corrected chi connectivity index (χ1v) is 7.33. The third-order valence-corrected chi connectivity index (χ3v) is 5.31. The summed E-state index contributed by atoms with van der Waals surface area (Å²) in [6, 6.07) is 9.84. The predicted molar refractivity (Wildman–Crippen MR) is 65.5 cm³/mol. The van der Waals surface area contributed by atoms with Crippen LogP contribution >= 0.6 is 15.9 Å². The number of hydrogen-bond donors (Lipinski definition) is 0. The molecule has 0 fully saturated rings. The predicted octanol–water partition coefficient (Wildman–Crippen LogP) is 1.84. The van der Waals surface area contributed by atoms with Crippen molar-refractivity contribution in [3.8, 4) is 0 Å². The van der Waals surface area contributed by atoms with Crippen LogP contribution in [-0.4, -0.2) is 31.0 Å². The van der Waals surface area contributed by atoms with Crippen molar-refractivity contribution in [2.24, 2.45) is 0 Å². The minimum atomic E-state index is -3.12. The summed E-state index contributed by atoms with van der Waals surface area (Å²) in [5, 5.41) is 0. The molecular formula is C10H14BrNO2S. The number of nitrogens with zero attached hydrogens (tertiary/aromatic N) is 1. The van der Waals surface area contributed by atoms with E-state index < -0.39 is 10.0 Å². The second-order valence-corrected chi connectivity index (χ2v) is 6.66. The Morgan fingerprint density at radius 1 is 1.27 bits per heavy atom. The largest absolute Gasteiger partial charge is 0.223 e. The van der Waals surface area contributed by atoms with Gasteiger partial charge in [0, 0.05) is 13.6 Å². The lowest BCUT2D eigenvalue weighted by molar-refractivity contribution is 0.477. The molecule has 1 aromatic carbocycles. The van der Waals surface area contributed by atoms with Crippen LogP contribution in [0.2, 0.25) is 0 Å². The van der Waals surface area contributed by atoms with Crippen molar-refractivity contribution in [3.05, 3.63) is 35.9 Å². The number of halogens is 1. The Morgan fingerprint density at radius 2 is 1.87 bits per heavy atom. The van der Waals surface area contributed by atoms with Gasteiger partial charge in [-0.05, 0) is 12.0 Å². The molecule has 5 heteroatoms. The number of benzene rings is 1. The second kappa shape index (κ2) is 5.63. The van der Waals surface area contributed by atoms with Crippen LogP contribution in [0.15, 0.2) is 30.3 Å². The smallest absolute Gasteiger partial charge is 0.211 e. The van der Waals surface area contributed by atoms with Crippen LogP contribution < -0.4 is 0 Å². The van der Waals surface area contributed by atoms with E-state index in [2.05, 4.69) is 15.9 Å². The molecule has 0 aliphatic carbocycles. The van der Waals surface area contributed by atoms with Crippen LogP contribution in [0.1, 0.15) is 5.56 Å². The summed E-state index contributed by atoms with van der Waals surface area (Å²) in [7, 11) is -1.52. The standard InChI is InChI=1S/C10H14BrNO2S/c1-12(15(13,14)9-11)8-7-10-5-3-2-4-6-10/h2-6H,7-9H2,1H3. The van der Waals surface area contributed by atoms with Crippen LogP contribution in [0, 0.1) is 0 Å². The first-order chi connectivity index (χ1) is 7.06. The van der Waals surface area contributed by atoms with Gasteiger partial charge in [-0.3, -0.25) is 0 Å². The number of alkyl halides is 1. The molecule has 0 unspecified atom stereocenters. The van der Waals surface area contributed by atoms with E-state index in [1.165, 1.54) is 4.31 Å². The van der Waals surface area contributed by atoms with Crippen molar-refractivity contribution >= 4 is 26.0 Å². The average Bonchev–Trinajstić information content (AvgIpc) is 2.27. The van der Waals surface area contributed by atoms with Crippen molar-refractivity contribution < 1.29 is 8.42 Å². The second-order valence-electron chi connectivity index (χ2n) is 3.28. The zero-order chi connectivity index (χ0) is 11.3. The molecule has 0 N–H and O–H groups in total. The van der Waals surface area contributed by atoms with Gasteiger partial charge in [0.1, 0.15) is 4.66 Å². The number of sulfonamides is 1. The van der Waals surface area contributed by atoms with Gasteiger partial charge in [0.25, 0.3) is 0 Å². The SMILES string of the molecule is CN(CCc1ccccc1)S(=O)(=O)CBr. The van der Waals surface area contributed by atoms with Crippen LogP contribution in [0.25, 0.3) is 0 Å². The first kappa shape index (κ1) is 12.7. The summed E-state index contributed by atoms with van der Waals surface area (Å²) in [5.41, 5.74) is 1.15. The average molecular weight is 292 g/mol. The zero-order valence-corrected chi connectivity index (χ0v) is 11.0. The van der Waals surface area contributed by atoms with Crippen molar-refractivity contribution in [2.45, 2.75) is 6.42 Å². The molecule has 0 aromatic heterocycles. The highest BCUT2D eigenvalue weighted by Crippen LogP contribution is 2.05. The Morgan fingerprint density at radius 3 is 2.40 bits per heavy atom. The van der Waals surface area contributed by atoms with Crippen molar-refractivity contribution in [2.75, 3.05) is 18.3 Å². The molecule has 0 spiro atoms. The van der Waals surface area contributed by atoms with Gasteiger partial charge in [-0.2, -0.15) is 0 Å². The molecule has 1 aromatic rings. The Hall–Kier alpha value is -0.390. The third-order valence-electron chi connectivity index (χ3n) is 2.17. The highest BCUT2D eigenvalue weighted by atomic mass is 79.9. The maximum Gasteiger partial charge on any atom is 0.223 e. The fourth-order valence-corrected chi connectivity index (χ4v) is 2.74. The van der Waals surface area contributed by atoms with Crippen molar-refractivity contribution in [3.63, 3.8) is 0 Å². The van der Waals surface area contributed by atoms with Crippen molar-refractivity contribution in [1.82, 2.24) is 4.31 Å². The quantitative estimate of drug-likeness (QED) is 0.777. The molecule has 0 bridgehead atoms. The van der Waals surface area contributed by atoms with Gasteiger partial charge in [0.2, 0.25) is 10.0 Å². The van der Waals surface area contributed by atoms with Crippen LogP contribution in [-0.2, 0) is 16.4 Å². The normalized spacial score (nSPS) is 11.9. The van der Waals surface area contributed by atoms with Gasteiger partial charge in [-0.15, -0.1) is 0 Å². The lowest BCUT2D eigenvalue weighted by Gasteiger charge is -2.14. The molecule has 0 atom stereocenters. The van der Waals surface area contributed by atoms with E-state index >= 15 is 0 Å². The molecule has 0 radical (unpaired) electrons. The topological polar surface area (TPSA) is 37.4 Å². The van der Waals surface area contributed by atoms with E-state index in [9.17, 15) is 8.42 Å². The van der Waals surface area contributed by atoms with Gasteiger partial charge < -0.3 is 0 Å². The highest BCUT2D eigenvalue weighted by molar-refractivity contribution is 9.10. The molecule has 0 aliphatic rings. The van der Waals surface area contributed by atoms with E-state index in [1.54, 1.807) is 7.05 Å². The highest BCUT2D eigenvalue weighted by Gasteiger charge is 2.14. The van der Waals surface area contributed by atoms with Gasteiger partial charge >= 0.3 is 0 Å². The Bertz CT molecular complexity index is 391. The summed E-state index contributed by atoms with van der Waals surface area (Å²) in [6.45, 7) is 0.512. The lowest BCUT2D eigenvalue weighted by Crippen LogP contribution is -2.29. The molecule has 0 saturated heterocycles. The number of likely N-dealkylation sites (N-methyl/N-ethyl adjacent to an activating group) is 1. The summed E-state index contributed by atoms with van der Waals surface area (Å²) in [4.78, 5) is 0. The molecule has 0 saturated carbocycles. The van der Waals surface area contributed by atoms with Crippen LogP contribution in [0.4, 0.5) is 0 Å². The summed E-state index contributed by atoms with van der Waals surface area (Å²) in [6.07, 6.45) is 0.740. The molecular weight excluding hydrogens is 278 g/mol. The van der Waals surface area contributed by atoms with E-state index in [0.717, 1.165) is 12.0 Å². The number of rotatable bonds is 5. The lowest BCUT2D eigenvalue weighted by atomic mass is 10.2. The van der Waals surface area contributed by atoms with Gasteiger partial charge in [0.15, 0.2) is 0 Å². The molecule has 0 heterocycles. The van der Waals surface area contributed by atoms with E-state index in [1.807, 2.05) is 30.3 Å². The maximum absolute atomic E-state index is 11.4. The molecule has 15 heavy (non-hydrogen) atoms. The van der Waals surface area contributed by atoms with Gasteiger partial charge in [0.05, 0.1) is 0 Å². The minimum Gasteiger partial charge on any atom is -0.211 e. The fourth-order valence-electron chi connectivity index (χ4n) is 1.15. The van der Waals surface area contributed by atoms with Crippen molar-refractivity contribution in [1.29, 1.82) is 0 Å². The van der Waals surface area contributed by atoms with E-state index in [4.69, 9.17) is 0 Å². The zero-order valence-electron chi connectivity index (χ0n) is 8.56. The molecule has 0 amide bonds. The summed E-state index contributed by atoms with van der Waals surface area (Å²) < 4.78 is 24.1. The van der Waals surface area contributed by atoms with Crippen LogP contribution in [0.5, 0.6) is 0 Å². The Labute approximate surface area is 99.3 Å². The van der Waals surface area contributed by atoms with Gasteiger partial charge in [-0.1, -0.05) is 46.3 Å². The fraction of sp³-hybridized carbons (Fsp3) is 0.400. The Balaban J connectivity index is 2.52. The third kappa shape index (κ3) is 3.93. The monoisotopic (exact) mass is 291 g/mol. The molecule has 1 rings (SSSR count). The van der Waals surface area contributed by atoms with Gasteiger partial charge in [-0.25, -0.2) is 12.7 Å². The molecule has 3 nitrogen and oxygen atoms in total. The maximum atomic E-state index is 11.4. The molecule has 84 valence electrons.